The van der Waals surface area contributed by atoms with E-state index < -0.39 is 0 Å². The molecule has 0 amide bonds. The van der Waals surface area contributed by atoms with E-state index in [1.165, 1.54) is 4.68 Å². The molecule has 0 aliphatic heterocycles. The minimum Gasteiger partial charge on any atom is -0.376 e. The molecule has 0 N–H and O–H groups in total. The summed E-state index contributed by atoms with van der Waals surface area (Å²) < 4.78 is 3.37. The molecule has 0 atom stereocenters. The molecule has 6 nitrogen and oxygen atoms in total. The molecule has 19 heavy (non-hydrogen) atoms. The maximum Gasteiger partial charge on any atom is 0.268 e. The Labute approximate surface area is 112 Å². The summed E-state index contributed by atoms with van der Waals surface area (Å²) in [5, 5.41) is 8.38. The zero-order valence-corrected chi connectivity index (χ0v) is 11.6. The third-order valence-electron chi connectivity index (χ3n) is 2.89. The third kappa shape index (κ3) is 3.43. The number of aromatic nitrogens is 4. The van der Waals surface area contributed by atoms with Crippen LogP contribution in [0.5, 0.6) is 0 Å². The van der Waals surface area contributed by atoms with Gasteiger partial charge in [-0.15, -0.1) is 0 Å². The van der Waals surface area contributed by atoms with E-state index in [-0.39, 0.29) is 5.56 Å². The highest BCUT2D eigenvalue weighted by atomic mass is 16.1. The number of rotatable bonds is 5. The maximum atomic E-state index is 11.8. The fraction of sp³-hybridized carbons (Fsp3) is 0.462. The Morgan fingerprint density at radius 3 is 2.58 bits per heavy atom. The number of hydrogen-bond donors (Lipinski definition) is 0. The number of nitrogens with zero attached hydrogens (tertiary/aromatic N) is 5. The summed E-state index contributed by atoms with van der Waals surface area (Å²) >= 11 is 0. The van der Waals surface area contributed by atoms with Gasteiger partial charge in [-0.25, -0.2) is 4.68 Å². The summed E-state index contributed by atoms with van der Waals surface area (Å²) in [5.41, 5.74) is 1.90. The van der Waals surface area contributed by atoms with Gasteiger partial charge in [0.25, 0.3) is 5.56 Å². The predicted molar refractivity (Wildman–Crippen MR) is 74.4 cm³/mol. The van der Waals surface area contributed by atoms with Crippen LogP contribution >= 0.6 is 0 Å². The third-order valence-corrected chi connectivity index (χ3v) is 2.89. The molecule has 2 rings (SSSR count). The van der Waals surface area contributed by atoms with E-state index >= 15 is 0 Å². The SMILES string of the molecule is Cc1cnn(CCCn2ncc(N(C)C)cc2=O)c1. The molecule has 0 saturated carbocycles. The second kappa shape index (κ2) is 5.69. The molecule has 0 aliphatic carbocycles. The van der Waals surface area contributed by atoms with Crippen molar-refractivity contribution in [1.29, 1.82) is 0 Å². The standard InChI is InChI=1S/C13H19N5O/c1-11-8-14-17(10-11)5-4-6-18-13(19)7-12(9-15-18)16(2)3/h7-10H,4-6H2,1-3H3. The van der Waals surface area contributed by atoms with Crippen molar-refractivity contribution < 1.29 is 0 Å². The molecule has 0 unspecified atom stereocenters. The van der Waals surface area contributed by atoms with Crippen LogP contribution in [0.4, 0.5) is 5.69 Å². The van der Waals surface area contributed by atoms with Crippen molar-refractivity contribution in [1.82, 2.24) is 19.6 Å². The molecule has 0 fully saturated rings. The van der Waals surface area contributed by atoms with Crippen LogP contribution in [0.25, 0.3) is 0 Å². The molecule has 0 bridgehead atoms. The van der Waals surface area contributed by atoms with Crippen LogP contribution in [0, 0.1) is 6.92 Å². The van der Waals surface area contributed by atoms with Gasteiger partial charge in [0.15, 0.2) is 0 Å². The van der Waals surface area contributed by atoms with Crippen LogP contribution in [0.15, 0.2) is 29.5 Å². The highest BCUT2D eigenvalue weighted by Crippen LogP contribution is 2.03. The van der Waals surface area contributed by atoms with Crippen LogP contribution in [0.1, 0.15) is 12.0 Å². The molecule has 2 heterocycles. The Hall–Kier alpha value is -2.11. The van der Waals surface area contributed by atoms with Crippen molar-refractivity contribution in [2.24, 2.45) is 0 Å². The second-order valence-electron chi connectivity index (χ2n) is 4.80. The van der Waals surface area contributed by atoms with Crippen LogP contribution in [0.3, 0.4) is 0 Å². The lowest BCUT2D eigenvalue weighted by atomic mass is 10.4. The van der Waals surface area contributed by atoms with Crippen molar-refractivity contribution in [2.45, 2.75) is 26.4 Å². The minimum absolute atomic E-state index is 0.0668. The van der Waals surface area contributed by atoms with Crippen molar-refractivity contribution in [3.63, 3.8) is 0 Å². The molecular weight excluding hydrogens is 242 g/mol. The van der Waals surface area contributed by atoms with E-state index in [0.29, 0.717) is 6.54 Å². The van der Waals surface area contributed by atoms with Gasteiger partial charge in [0.1, 0.15) is 0 Å². The predicted octanol–water partition coefficient (Wildman–Crippen LogP) is 0.905. The van der Waals surface area contributed by atoms with Gasteiger partial charge in [0.2, 0.25) is 0 Å². The topological polar surface area (TPSA) is 56.0 Å². The van der Waals surface area contributed by atoms with Gasteiger partial charge in [-0.2, -0.15) is 10.2 Å². The first-order chi connectivity index (χ1) is 9.06. The quantitative estimate of drug-likeness (QED) is 0.802. The molecule has 2 aromatic rings. The molecule has 0 spiro atoms. The first-order valence-electron chi connectivity index (χ1n) is 6.30. The van der Waals surface area contributed by atoms with Crippen molar-refractivity contribution in [3.05, 3.63) is 40.6 Å². The molecule has 0 saturated heterocycles. The van der Waals surface area contributed by atoms with Gasteiger partial charge in [0, 0.05) is 39.4 Å². The molecule has 2 aromatic heterocycles. The summed E-state index contributed by atoms with van der Waals surface area (Å²) in [4.78, 5) is 13.7. The van der Waals surface area contributed by atoms with Gasteiger partial charge < -0.3 is 4.90 Å². The van der Waals surface area contributed by atoms with Crippen LogP contribution in [-0.2, 0) is 13.1 Å². The monoisotopic (exact) mass is 261 g/mol. The number of hydrogen-bond acceptors (Lipinski definition) is 4. The molecule has 102 valence electrons. The minimum atomic E-state index is -0.0668. The lowest BCUT2D eigenvalue weighted by molar-refractivity contribution is 0.485. The van der Waals surface area contributed by atoms with Gasteiger partial charge in [-0.05, 0) is 18.9 Å². The largest absolute Gasteiger partial charge is 0.376 e. The lowest BCUT2D eigenvalue weighted by Gasteiger charge is -2.12. The Balaban J connectivity index is 1.94. The normalized spacial score (nSPS) is 10.7. The zero-order chi connectivity index (χ0) is 13.8. The lowest BCUT2D eigenvalue weighted by Crippen LogP contribution is -2.24. The van der Waals surface area contributed by atoms with Crippen LogP contribution < -0.4 is 10.5 Å². The maximum absolute atomic E-state index is 11.8. The first-order valence-corrected chi connectivity index (χ1v) is 6.30. The second-order valence-corrected chi connectivity index (χ2v) is 4.80. The first kappa shape index (κ1) is 13.3. The molecule has 0 radical (unpaired) electrons. The van der Waals surface area contributed by atoms with Gasteiger partial charge in [-0.1, -0.05) is 0 Å². The van der Waals surface area contributed by atoms with E-state index in [1.54, 1.807) is 12.3 Å². The number of anilines is 1. The van der Waals surface area contributed by atoms with E-state index in [1.807, 2.05) is 43.0 Å². The van der Waals surface area contributed by atoms with E-state index in [9.17, 15) is 4.79 Å². The Kier molecular flexibility index (Phi) is 3.99. The fourth-order valence-corrected chi connectivity index (χ4v) is 1.81. The van der Waals surface area contributed by atoms with Crippen molar-refractivity contribution in [3.8, 4) is 0 Å². The molecule has 0 aromatic carbocycles. The van der Waals surface area contributed by atoms with Gasteiger partial charge in [0.05, 0.1) is 18.1 Å². The Bertz CT molecular complexity index is 599. The smallest absolute Gasteiger partial charge is 0.268 e. The van der Waals surface area contributed by atoms with Crippen LogP contribution in [-0.4, -0.2) is 33.7 Å². The van der Waals surface area contributed by atoms with Gasteiger partial charge in [-0.3, -0.25) is 9.48 Å². The van der Waals surface area contributed by atoms with E-state index in [2.05, 4.69) is 10.2 Å². The summed E-state index contributed by atoms with van der Waals surface area (Å²) in [5.74, 6) is 0. The van der Waals surface area contributed by atoms with Crippen LogP contribution in [0.2, 0.25) is 0 Å². The zero-order valence-electron chi connectivity index (χ0n) is 11.6. The Morgan fingerprint density at radius 2 is 2.00 bits per heavy atom. The summed E-state index contributed by atoms with van der Waals surface area (Å²) in [6.07, 6.45) is 6.36. The average Bonchev–Trinajstić information content (AvgIpc) is 2.77. The Morgan fingerprint density at radius 1 is 1.21 bits per heavy atom. The summed E-state index contributed by atoms with van der Waals surface area (Å²) in [6.45, 7) is 3.40. The van der Waals surface area contributed by atoms with Crippen molar-refractivity contribution >= 4 is 5.69 Å². The molecule has 6 heteroatoms. The fourth-order valence-electron chi connectivity index (χ4n) is 1.81. The highest BCUT2D eigenvalue weighted by Gasteiger charge is 2.02. The van der Waals surface area contributed by atoms with E-state index in [0.717, 1.165) is 24.2 Å². The summed E-state index contributed by atoms with van der Waals surface area (Å²) in [7, 11) is 3.78. The molecular formula is C13H19N5O. The van der Waals surface area contributed by atoms with E-state index in [4.69, 9.17) is 0 Å². The van der Waals surface area contributed by atoms with Gasteiger partial charge >= 0.3 is 0 Å². The number of aryl methyl sites for hydroxylation is 3. The summed E-state index contributed by atoms with van der Waals surface area (Å²) in [6, 6.07) is 1.60. The molecule has 0 aliphatic rings. The highest BCUT2D eigenvalue weighted by molar-refractivity contribution is 5.40. The van der Waals surface area contributed by atoms with Crippen molar-refractivity contribution in [2.75, 3.05) is 19.0 Å². The average molecular weight is 261 g/mol.